The highest BCUT2D eigenvalue weighted by atomic mass is 16.6. The molecule has 2 aliphatic heterocycles. The lowest BCUT2D eigenvalue weighted by Crippen LogP contribution is -2.57. The van der Waals surface area contributed by atoms with Gasteiger partial charge in [0.25, 0.3) is 0 Å². The van der Waals surface area contributed by atoms with Gasteiger partial charge in [0, 0.05) is 12.5 Å². The van der Waals surface area contributed by atoms with Crippen LogP contribution in [0.25, 0.3) is 0 Å². The van der Waals surface area contributed by atoms with Crippen molar-refractivity contribution in [1.82, 2.24) is 4.90 Å². The van der Waals surface area contributed by atoms with E-state index in [-0.39, 0.29) is 18.0 Å². The van der Waals surface area contributed by atoms with Crippen LogP contribution < -0.4 is 0 Å². The highest BCUT2D eigenvalue weighted by Crippen LogP contribution is 2.66. The van der Waals surface area contributed by atoms with Crippen molar-refractivity contribution in [3.05, 3.63) is 0 Å². The second-order valence-corrected chi connectivity index (χ2v) is 7.88. The molecular weight excluding hydrogens is 238 g/mol. The first-order valence-electron chi connectivity index (χ1n) is 7.87. The Morgan fingerprint density at radius 3 is 2.79 bits per heavy atom. The van der Waals surface area contributed by atoms with Crippen LogP contribution >= 0.6 is 0 Å². The van der Waals surface area contributed by atoms with Gasteiger partial charge in [-0.15, -0.1) is 0 Å². The number of esters is 1. The van der Waals surface area contributed by atoms with Crippen LogP contribution in [-0.2, 0) is 9.53 Å². The molecule has 2 saturated heterocycles. The third-order valence-corrected chi connectivity index (χ3v) is 6.96. The minimum atomic E-state index is 0.110. The molecule has 0 spiro atoms. The Balaban J connectivity index is 1.85. The maximum Gasteiger partial charge on any atom is 0.310 e. The summed E-state index contributed by atoms with van der Waals surface area (Å²) >= 11 is 0. The molecule has 19 heavy (non-hydrogen) atoms. The number of ether oxygens (including phenoxy) is 1. The van der Waals surface area contributed by atoms with Crippen LogP contribution in [0.5, 0.6) is 0 Å². The van der Waals surface area contributed by atoms with Crippen molar-refractivity contribution >= 4 is 5.97 Å². The van der Waals surface area contributed by atoms with E-state index in [9.17, 15) is 4.79 Å². The largest absolute Gasteiger partial charge is 0.460 e. The van der Waals surface area contributed by atoms with Gasteiger partial charge in [0.2, 0.25) is 0 Å². The van der Waals surface area contributed by atoms with E-state index in [0.717, 1.165) is 5.92 Å². The molecule has 2 saturated carbocycles. The Bertz CT molecular complexity index is 434. The molecule has 3 nitrogen and oxygen atoms in total. The van der Waals surface area contributed by atoms with Crippen LogP contribution in [0.4, 0.5) is 0 Å². The zero-order valence-electron chi connectivity index (χ0n) is 12.4. The van der Waals surface area contributed by atoms with Gasteiger partial charge in [-0.25, -0.2) is 0 Å². The van der Waals surface area contributed by atoms with Crippen LogP contribution in [0, 0.1) is 35.0 Å². The van der Waals surface area contributed by atoms with E-state index in [1.807, 2.05) is 0 Å². The third-order valence-electron chi connectivity index (χ3n) is 6.96. The number of likely N-dealkylation sites (N-methyl/N-ethyl adjacent to an activating group) is 1. The van der Waals surface area contributed by atoms with Gasteiger partial charge < -0.3 is 4.74 Å². The molecule has 2 bridgehead atoms. The van der Waals surface area contributed by atoms with Gasteiger partial charge >= 0.3 is 5.97 Å². The van der Waals surface area contributed by atoms with Gasteiger partial charge in [-0.05, 0) is 43.1 Å². The van der Waals surface area contributed by atoms with Crippen molar-refractivity contribution in [1.29, 1.82) is 0 Å². The van der Waals surface area contributed by atoms with E-state index >= 15 is 0 Å². The minimum Gasteiger partial charge on any atom is -0.460 e. The lowest BCUT2D eigenvalue weighted by molar-refractivity contribution is -0.145. The van der Waals surface area contributed by atoms with Crippen LogP contribution in [0.3, 0.4) is 0 Å². The average molecular weight is 263 g/mol. The van der Waals surface area contributed by atoms with Gasteiger partial charge in [0.15, 0.2) is 0 Å². The Hall–Kier alpha value is -0.570. The summed E-state index contributed by atoms with van der Waals surface area (Å²) in [4.78, 5) is 14.9. The zero-order valence-corrected chi connectivity index (χ0v) is 12.4. The molecule has 0 aromatic carbocycles. The predicted molar refractivity (Wildman–Crippen MR) is 72.4 cm³/mol. The minimum absolute atomic E-state index is 0.110. The first-order chi connectivity index (χ1) is 8.96. The smallest absolute Gasteiger partial charge is 0.310 e. The van der Waals surface area contributed by atoms with E-state index in [1.54, 1.807) is 0 Å². The number of carbonyl (C=O) groups excluding carboxylic acids is 1. The maximum absolute atomic E-state index is 12.4. The summed E-state index contributed by atoms with van der Waals surface area (Å²) in [5.74, 6) is 2.61. The Labute approximate surface area is 115 Å². The van der Waals surface area contributed by atoms with Gasteiger partial charge in [0.1, 0.15) is 6.10 Å². The molecule has 4 rings (SSSR count). The lowest BCUT2D eigenvalue weighted by atomic mass is 9.55. The monoisotopic (exact) mass is 263 g/mol. The van der Waals surface area contributed by atoms with Crippen molar-refractivity contribution in [3.8, 4) is 0 Å². The number of rotatable bonds is 1. The van der Waals surface area contributed by atoms with Gasteiger partial charge in [-0.1, -0.05) is 20.8 Å². The number of fused-ring (bicyclic) bond motifs is 4. The van der Waals surface area contributed by atoms with E-state index in [4.69, 9.17) is 4.74 Å². The molecular formula is C16H25NO2. The van der Waals surface area contributed by atoms with Gasteiger partial charge in [0.05, 0.1) is 12.0 Å². The SMILES string of the molecule is CC(C)[C@@H]1[C@H]2OC(=O)[C@@H]1[C@@H]1CC[C@@H]3CN(C)[C@H]2[C@@]31C. The first-order valence-corrected chi connectivity index (χ1v) is 7.87. The summed E-state index contributed by atoms with van der Waals surface area (Å²) in [5, 5.41) is 0. The molecule has 2 heterocycles. The number of nitrogens with zero attached hydrogens (tertiary/aromatic N) is 1. The summed E-state index contributed by atoms with van der Waals surface area (Å²) < 4.78 is 5.88. The van der Waals surface area contributed by atoms with Crippen molar-refractivity contribution in [3.63, 3.8) is 0 Å². The number of likely N-dealkylation sites (tertiary alicyclic amines) is 1. The van der Waals surface area contributed by atoms with Crippen LogP contribution in [0.1, 0.15) is 33.6 Å². The van der Waals surface area contributed by atoms with Crippen molar-refractivity contribution in [2.45, 2.75) is 45.8 Å². The summed E-state index contributed by atoms with van der Waals surface area (Å²) in [6.45, 7) is 8.17. The topological polar surface area (TPSA) is 29.5 Å². The van der Waals surface area contributed by atoms with E-state index < -0.39 is 0 Å². The van der Waals surface area contributed by atoms with Gasteiger partial charge in [-0.3, -0.25) is 9.69 Å². The molecule has 0 unspecified atom stereocenters. The quantitative estimate of drug-likeness (QED) is 0.679. The number of hydrogen-bond acceptors (Lipinski definition) is 3. The average Bonchev–Trinajstić information content (AvgIpc) is 2.86. The molecule has 106 valence electrons. The molecule has 3 heteroatoms. The molecule has 7 atom stereocenters. The fraction of sp³-hybridized carbons (Fsp3) is 0.938. The number of hydrogen-bond donors (Lipinski definition) is 0. The lowest BCUT2D eigenvalue weighted by Gasteiger charge is -2.49. The molecule has 0 amide bonds. The molecule has 4 aliphatic rings. The van der Waals surface area contributed by atoms with Crippen molar-refractivity contribution in [2.75, 3.05) is 13.6 Å². The Kier molecular flexibility index (Phi) is 2.27. The zero-order chi connectivity index (χ0) is 13.5. The van der Waals surface area contributed by atoms with Crippen molar-refractivity contribution < 1.29 is 9.53 Å². The first kappa shape index (κ1) is 12.2. The summed E-state index contributed by atoms with van der Waals surface area (Å²) in [6.07, 6.45) is 2.69. The molecule has 2 aliphatic carbocycles. The fourth-order valence-electron chi connectivity index (χ4n) is 6.32. The van der Waals surface area contributed by atoms with E-state index in [1.165, 1.54) is 19.4 Å². The maximum atomic E-state index is 12.4. The molecule has 0 radical (unpaired) electrons. The summed E-state index contributed by atoms with van der Waals surface area (Å²) in [6, 6.07) is 0.458. The third kappa shape index (κ3) is 1.22. The highest BCUT2D eigenvalue weighted by Gasteiger charge is 2.71. The standard InChI is InChI=1S/C16H25NO2/c1-8(2)11-12-10-6-5-9-7-17(4)14(16(9,10)3)13(11)19-15(12)18/h8-14H,5-7H2,1-4H3/t9-,10+,11+,12-,13-,14-,16+/m1/s1. The fourth-order valence-corrected chi connectivity index (χ4v) is 6.32. The normalized spacial score (nSPS) is 55.7. The highest BCUT2D eigenvalue weighted by molar-refractivity contribution is 5.77. The summed E-state index contributed by atoms with van der Waals surface area (Å²) in [5.41, 5.74) is 0.321. The molecule has 4 fully saturated rings. The van der Waals surface area contributed by atoms with Crippen LogP contribution in [0.15, 0.2) is 0 Å². The second kappa shape index (κ2) is 3.55. The van der Waals surface area contributed by atoms with E-state index in [0.29, 0.717) is 29.2 Å². The molecule has 0 aromatic heterocycles. The second-order valence-electron chi connectivity index (χ2n) is 7.88. The summed E-state index contributed by atoms with van der Waals surface area (Å²) in [7, 11) is 2.23. The Morgan fingerprint density at radius 2 is 2.11 bits per heavy atom. The molecule has 0 N–H and O–H groups in total. The Morgan fingerprint density at radius 1 is 1.37 bits per heavy atom. The van der Waals surface area contributed by atoms with Crippen LogP contribution in [-0.4, -0.2) is 36.6 Å². The number of carbonyl (C=O) groups is 1. The van der Waals surface area contributed by atoms with E-state index in [2.05, 4.69) is 32.7 Å². The van der Waals surface area contributed by atoms with Crippen LogP contribution in [0.2, 0.25) is 0 Å². The van der Waals surface area contributed by atoms with Crippen molar-refractivity contribution in [2.24, 2.45) is 35.0 Å². The molecule has 0 aromatic rings. The predicted octanol–water partition coefficient (Wildman–Crippen LogP) is 2.16. The van der Waals surface area contributed by atoms with Gasteiger partial charge in [-0.2, -0.15) is 0 Å².